The van der Waals surface area contributed by atoms with Crippen LogP contribution in [0.25, 0.3) is 0 Å². The fraction of sp³-hybridized carbons (Fsp3) is 0.933. The fourth-order valence-electron chi connectivity index (χ4n) is 10.7. The van der Waals surface area contributed by atoms with Gasteiger partial charge in [0.2, 0.25) is 0 Å². The van der Waals surface area contributed by atoms with Gasteiger partial charge in [0.25, 0.3) is 0 Å². The third kappa shape index (κ3) is 2.92. The Labute approximate surface area is 207 Å². The quantitative estimate of drug-likeness (QED) is 0.413. The highest BCUT2D eigenvalue weighted by atomic mass is 16.3. The Morgan fingerprint density at radius 2 is 1.44 bits per heavy atom. The molecule has 194 valence electrons. The summed E-state index contributed by atoms with van der Waals surface area (Å²) in [6.45, 7) is 14.3. The first kappa shape index (κ1) is 25.2. The smallest absolute Gasteiger partial charge is 0.0664 e. The minimum absolute atomic E-state index is 0.0528. The van der Waals surface area contributed by atoms with Crippen molar-refractivity contribution in [1.29, 1.82) is 0 Å². The first-order valence-electron chi connectivity index (χ1n) is 14.0. The Bertz CT molecular complexity index is 879. The second-order valence-electron chi connectivity index (χ2n) is 15.0. The predicted octanol–water partition coefficient (Wildman–Crippen LogP) is 5.23. The SMILES string of the molecule is CC1(C)CC[C@@]2(CO)C(=C3CC[C@@H]4[C@@]5(C)CC[C@H](O)[C@@](C)(CO)[C@@H]5CC[C@@]4(C)[C@]3(C)C[C@@H]2O)C1. The van der Waals surface area contributed by atoms with Gasteiger partial charge in [-0.15, -0.1) is 0 Å². The van der Waals surface area contributed by atoms with Gasteiger partial charge in [0.1, 0.15) is 0 Å². The molecule has 4 fully saturated rings. The monoisotopic (exact) mass is 474 g/mol. The molecule has 4 heteroatoms. The number of hydrogen-bond donors (Lipinski definition) is 4. The van der Waals surface area contributed by atoms with Crippen molar-refractivity contribution in [3.05, 3.63) is 11.1 Å². The van der Waals surface area contributed by atoms with E-state index in [1.54, 1.807) is 5.57 Å². The number of rotatable bonds is 2. The molecule has 5 aliphatic rings. The molecule has 0 amide bonds. The number of aliphatic hydroxyl groups is 4. The van der Waals surface area contributed by atoms with Crippen LogP contribution in [0.5, 0.6) is 0 Å². The van der Waals surface area contributed by atoms with Crippen LogP contribution in [0.4, 0.5) is 0 Å². The van der Waals surface area contributed by atoms with E-state index in [1.807, 2.05) is 0 Å². The summed E-state index contributed by atoms with van der Waals surface area (Å²) < 4.78 is 0. The molecule has 0 radical (unpaired) electrons. The van der Waals surface area contributed by atoms with Crippen molar-refractivity contribution in [2.45, 2.75) is 118 Å². The molecule has 0 unspecified atom stereocenters. The summed E-state index contributed by atoms with van der Waals surface area (Å²) in [5.41, 5.74) is 2.39. The van der Waals surface area contributed by atoms with Crippen LogP contribution in [0.1, 0.15) is 106 Å². The summed E-state index contributed by atoms with van der Waals surface area (Å²) in [7, 11) is 0. The summed E-state index contributed by atoms with van der Waals surface area (Å²) in [6, 6.07) is 0. The highest BCUT2D eigenvalue weighted by Crippen LogP contribution is 2.75. The number of fused-ring (bicyclic) bond motifs is 6. The maximum absolute atomic E-state index is 11.7. The van der Waals surface area contributed by atoms with Crippen molar-refractivity contribution in [3.63, 3.8) is 0 Å². The van der Waals surface area contributed by atoms with Crippen molar-refractivity contribution >= 4 is 0 Å². The Morgan fingerprint density at radius 3 is 2.09 bits per heavy atom. The minimum Gasteiger partial charge on any atom is -0.396 e. The van der Waals surface area contributed by atoms with E-state index in [0.29, 0.717) is 11.8 Å². The minimum atomic E-state index is -0.491. The van der Waals surface area contributed by atoms with Crippen LogP contribution in [0.2, 0.25) is 0 Å². The first-order chi connectivity index (χ1) is 15.7. The van der Waals surface area contributed by atoms with Gasteiger partial charge in [-0.3, -0.25) is 0 Å². The van der Waals surface area contributed by atoms with Crippen LogP contribution in [0.3, 0.4) is 0 Å². The molecule has 0 bridgehead atoms. The number of allylic oxidation sites excluding steroid dienone is 1. The molecule has 4 N–H and O–H groups in total. The molecule has 0 aromatic carbocycles. The van der Waals surface area contributed by atoms with E-state index in [9.17, 15) is 20.4 Å². The summed E-state index contributed by atoms with van der Waals surface area (Å²) in [5.74, 6) is 0.834. The van der Waals surface area contributed by atoms with E-state index < -0.39 is 23.0 Å². The zero-order valence-corrected chi connectivity index (χ0v) is 22.6. The average molecular weight is 475 g/mol. The van der Waals surface area contributed by atoms with Gasteiger partial charge < -0.3 is 20.4 Å². The van der Waals surface area contributed by atoms with E-state index in [0.717, 1.165) is 64.2 Å². The molecule has 9 atom stereocenters. The third-order valence-electron chi connectivity index (χ3n) is 13.2. The van der Waals surface area contributed by atoms with E-state index in [-0.39, 0.29) is 34.9 Å². The lowest BCUT2D eigenvalue weighted by Crippen LogP contribution is -2.66. The summed E-state index contributed by atoms with van der Waals surface area (Å²) in [4.78, 5) is 0. The van der Waals surface area contributed by atoms with Gasteiger partial charge in [-0.1, -0.05) is 52.7 Å². The molecule has 5 rings (SSSR count). The van der Waals surface area contributed by atoms with E-state index >= 15 is 0 Å². The molecule has 0 aromatic heterocycles. The molecule has 0 aromatic rings. The fourth-order valence-corrected chi connectivity index (χ4v) is 10.7. The standard InChI is InChI=1S/C30H50O4/c1-25(2)13-14-30(18-32)20(15-25)19-7-8-22-26(3)11-10-23(33)27(4,17-31)21(26)9-12-28(22,5)29(19,6)16-24(30)34/h21-24,31-34H,7-18H2,1-6H3/t21-,22-,23+,24+,26+,27+,28-,29-,30-/m1/s1. The topological polar surface area (TPSA) is 80.9 Å². The largest absolute Gasteiger partial charge is 0.396 e. The lowest BCUT2D eigenvalue weighted by Gasteiger charge is -2.71. The van der Waals surface area contributed by atoms with Gasteiger partial charge >= 0.3 is 0 Å². The average Bonchev–Trinajstić information content (AvgIpc) is 2.77. The van der Waals surface area contributed by atoms with E-state index in [1.165, 1.54) is 5.57 Å². The number of hydrogen-bond acceptors (Lipinski definition) is 4. The van der Waals surface area contributed by atoms with Gasteiger partial charge in [-0.05, 0) is 97.7 Å². The molecular weight excluding hydrogens is 424 g/mol. The maximum atomic E-state index is 11.7. The van der Waals surface area contributed by atoms with Crippen molar-refractivity contribution in [2.75, 3.05) is 13.2 Å². The van der Waals surface area contributed by atoms with Crippen LogP contribution >= 0.6 is 0 Å². The zero-order valence-electron chi connectivity index (χ0n) is 22.6. The summed E-state index contributed by atoms with van der Waals surface area (Å²) in [5, 5.41) is 43.7. The van der Waals surface area contributed by atoms with Crippen LogP contribution < -0.4 is 0 Å². The van der Waals surface area contributed by atoms with Crippen molar-refractivity contribution in [1.82, 2.24) is 0 Å². The van der Waals surface area contributed by atoms with Crippen molar-refractivity contribution in [3.8, 4) is 0 Å². The van der Waals surface area contributed by atoms with Gasteiger partial charge in [0, 0.05) is 10.8 Å². The Kier molecular flexibility index (Phi) is 5.61. The molecule has 5 aliphatic carbocycles. The lowest BCUT2D eigenvalue weighted by atomic mass is 9.33. The molecule has 0 aliphatic heterocycles. The van der Waals surface area contributed by atoms with Crippen molar-refractivity contribution < 1.29 is 20.4 Å². The van der Waals surface area contributed by atoms with Crippen LogP contribution in [0.15, 0.2) is 11.1 Å². The van der Waals surface area contributed by atoms with Crippen LogP contribution in [0, 0.1) is 44.3 Å². The molecule has 0 spiro atoms. The maximum Gasteiger partial charge on any atom is 0.0664 e. The second-order valence-corrected chi connectivity index (χ2v) is 15.0. The first-order valence-corrected chi connectivity index (χ1v) is 14.0. The molecule has 0 saturated heterocycles. The third-order valence-corrected chi connectivity index (χ3v) is 13.2. The van der Waals surface area contributed by atoms with E-state index in [2.05, 4.69) is 41.5 Å². The van der Waals surface area contributed by atoms with Gasteiger partial charge in [0.05, 0.1) is 25.4 Å². The molecular formula is C30H50O4. The van der Waals surface area contributed by atoms with Gasteiger partial charge in [-0.25, -0.2) is 0 Å². The molecule has 4 saturated carbocycles. The highest BCUT2D eigenvalue weighted by molar-refractivity contribution is 5.40. The van der Waals surface area contributed by atoms with Crippen molar-refractivity contribution in [2.24, 2.45) is 44.3 Å². The molecule has 0 heterocycles. The van der Waals surface area contributed by atoms with Gasteiger partial charge in [0.15, 0.2) is 0 Å². The van der Waals surface area contributed by atoms with Crippen LogP contribution in [-0.4, -0.2) is 45.8 Å². The van der Waals surface area contributed by atoms with Gasteiger partial charge in [-0.2, -0.15) is 0 Å². The Morgan fingerprint density at radius 1 is 0.735 bits per heavy atom. The van der Waals surface area contributed by atoms with Crippen LogP contribution in [-0.2, 0) is 0 Å². The Balaban J connectivity index is 1.62. The van der Waals surface area contributed by atoms with E-state index in [4.69, 9.17) is 0 Å². The normalized spacial score (nSPS) is 54.5. The zero-order chi connectivity index (χ0) is 24.9. The highest BCUT2D eigenvalue weighted by Gasteiger charge is 2.69. The Hall–Kier alpha value is -0.420. The molecule has 4 nitrogen and oxygen atoms in total. The predicted molar refractivity (Wildman–Crippen MR) is 135 cm³/mol. The summed E-state index contributed by atoms with van der Waals surface area (Å²) in [6.07, 6.45) is 8.88. The molecule has 34 heavy (non-hydrogen) atoms. The lowest BCUT2D eigenvalue weighted by molar-refractivity contribution is -0.222. The number of aliphatic hydroxyl groups excluding tert-OH is 4. The second kappa shape index (κ2) is 7.55. The summed E-state index contributed by atoms with van der Waals surface area (Å²) >= 11 is 0.